The summed E-state index contributed by atoms with van der Waals surface area (Å²) in [6.45, 7) is 1.25. The molecule has 1 aliphatic rings. The fourth-order valence-corrected chi connectivity index (χ4v) is 4.88. The topological polar surface area (TPSA) is 49.1 Å². The Morgan fingerprint density at radius 1 is 1.13 bits per heavy atom. The molecule has 7 heteroatoms. The van der Waals surface area contributed by atoms with E-state index < -0.39 is 11.6 Å². The molecule has 1 aliphatic carbocycles. The van der Waals surface area contributed by atoms with Crippen molar-refractivity contribution in [1.29, 1.82) is 0 Å². The van der Waals surface area contributed by atoms with Gasteiger partial charge in [0.1, 0.15) is 24.0 Å². The zero-order valence-electron chi connectivity index (χ0n) is 17.5. The maximum Gasteiger partial charge on any atom is 0.126 e. The van der Waals surface area contributed by atoms with Crippen LogP contribution >= 0.6 is 11.9 Å². The fourth-order valence-electron chi connectivity index (χ4n) is 4.26. The van der Waals surface area contributed by atoms with Gasteiger partial charge in [-0.2, -0.15) is 0 Å². The van der Waals surface area contributed by atoms with Gasteiger partial charge in [-0.05, 0) is 85.3 Å². The lowest BCUT2D eigenvalue weighted by Gasteiger charge is -2.34. The Bertz CT molecular complexity index is 976. The fraction of sp³-hybridized carbons (Fsp3) is 0.333. The molecule has 0 radical (unpaired) electrons. The van der Waals surface area contributed by atoms with Gasteiger partial charge in [0.15, 0.2) is 0 Å². The second-order valence-electron chi connectivity index (χ2n) is 7.77. The molecule has 1 aromatic heterocycles. The minimum absolute atomic E-state index is 0.126. The summed E-state index contributed by atoms with van der Waals surface area (Å²) in [5.41, 5.74) is 3.15. The van der Waals surface area contributed by atoms with Gasteiger partial charge in [0, 0.05) is 41.9 Å². The molecule has 3 aromatic rings. The van der Waals surface area contributed by atoms with E-state index in [9.17, 15) is 8.78 Å². The summed E-state index contributed by atoms with van der Waals surface area (Å²) in [5.74, 6) is -0.122. The lowest BCUT2D eigenvalue weighted by molar-refractivity contribution is 0.322. The minimum atomic E-state index is -0.533. The van der Waals surface area contributed by atoms with E-state index in [4.69, 9.17) is 4.74 Å². The predicted octanol–water partition coefficient (Wildman–Crippen LogP) is 4.83. The Labute approximate surface area is 185 Å². The molecule has 3 N–H and O–H groups in total. The van der Waals surface area contributed by atoms with Crippen LogP contribution in [-0.4, -0.2) is 31.2 Å². The number of likely N-dealkylation sites (N-methyl/N-ethyl adjacent to an activating group) is 1. The summed E-state index contributed by atoms with van der Waals surface area (Å²) < 4.78 is 36.7. The number of halogens is 2. The van der Waals surface area contributed by atoms with E-state index in [2.05, 4.69) is 27.2 Å². The highest BCUT2D eigenvalue weighted by Crippen LogP contribution is 2.36. The largest absolute Gasteiger partial charge is 0.492 e. The third-order valence-electron chi connectivity index (χ3n) is 5.71. The molecule has 0 amide bonds. The molecule has 2 unspecified atom stereocenters. The summed E-state index contributed by atoms with van der Waals surface area (Å²) in [7, 11) is 1.95. The first-order chi connectivity index (χ1) is 15.1. The summed E-state index contributed by atoms with van der Waals surface area (Å²) in [6.07, 6.45) is 6.37. The molecule has 2 atom stereocenters. The van der Waals surface area contributed by atoms with Crippen LogP contribution in [0, 0.1) is 11.6 Å². The van der Waals surface area contributed by atoms with Crippen molar-refractivity contribution in [2.75, 3.05) is 20.2 Å². The van der Waals surface area contributed by atoms with E-state index in [1.165, 1.54) is 23.3 Å². The van der Waals surface area contributed by atoms with Gasteiger partial charge in [-0.25, -0.2) is 8.78 Å². The van der Waals surface area contributed by atoms with Crippen molar-refractivity contribution in [2.45, 2.75) is 36.1 Å². The summed E-state index contributed by atoms with van der Waals surface area (Å²) in [6, 6.07) is 12.3. The summed E-state index contributed by atoms with van der Waals surface area (Å²) in [5, 5.41) is 3.39. The van der Waals surface area contributed by atoms with Crippen molar-refractivity contribution in [3.8, 4) is 5.75 Å². The summed E-state index contributed by atoms with van der Waals surface area (Å²) in [4.78, 5) is 4.15. The van der Waals surface area contributed by atoms with Gasteiger partial charge < -0.3 is 15.0 Å². The van der Waals surface area contributed by atoms with E-state index in [0.717, 1.165) is 29.6 Å². The van der Waals surface area contributed by atoms with E-state index in [-0.39, 0.29) is 12.0 Å². The van der Waals surface area contributed by atoms with Crippen LogP contribution in [0.15, 0.2) is 59.8 Å². The number of aromatic nitrogens is 1. The normalized spacial score (nSPS) is 18.0. The molecule has 0 saturated carbocycles. The van der Waals surface area contributed by atoms with E-state index in [0.29, 0.717) is 25.1 Å². The van der Waals surface area contributed by atoms with Crippen LogP contribution in [0.2, 0.25) is 0 Å². The van der Waals surface area contributed by atoms with Crippen LogP contribution in [0.3, 0.4) is 0 Å². The number of hydrogen-bond acceptors (Lipinski definition) is 4. The predicted molar refractivity (Wildman–Crippen MR) is 121 cm³/mol. The third kappa shape index (κ3) is 5.67. The number of hydrogen-bond donors (Lipinski definition) is 3. The van der Waals surface area contributed by atoms with Gasteiger partial charge in [0.05, 0.1) is 0 Å². The van der Waals surface area contributed by atoms with Crippen LogP contribution in [-0.2, 0) is 12.8 Å². The maximum atomic E-state index is 13.7. The van der Waals surface area contributed by atoms with E-state index in [1.807, 2.05) is 31.6 Å². The lowest BCUT2D eigenvalue weighted by Crippen LogP contribution is -2.37. The molecule has 164 valence electrons. The molecule has 31 heavy (non-hydrogen) atoms. The molecule has 0 spiro atoms. The smallest absolute Gasteiger partial charge is 0.126 e. The second-order valence-corrected chi connectivity index (χ2v) is 8.74. The van der Waals surface area contributed by atoms with Gasteiger partial charge >= 0.3 is 0 Å². The number of benzene rings is 2. The molecule has 2 aromatic carbocycles. The molecule has 4 nitrogen and oxygen atoms in total. The zero-order chi connectivity index (χ0) is 21.6. The van der Waals surface area contributed by atoms with Crippen molar-refractivity contribution < 1.29 is 13.5 Å². The average molecular weight is 444 g/mol. The Kier molecular flexibility index (Phi) is 7.27. The Balaban J connectivity index is 1.44. The minimum Gasteiger partial charge on any atom is -0.492 e. The molecule has 0 bridgehead atoms. The molecular weight excluding hydrogens is 416 g/mol. The van der Waals surface area contributed by atoms with Crippen LogP contribution in [0.5, 0.6) is 5.75 Å². The van der Waals surface area contributed by atoms with Crippen molar-refractivity contribution in [1.82, 2.24) is 15.0 Å². The standard InChI is InChI=1S/C24H27F2N3OS/c1-27-24-5-3-17-2-4-20(30-9-8-29-31-21-6-7-28-15-21)14-22(17)23(24)12-16-10-18(25)13-19(26)11-16/h2,4,6-7,10-11,13-15,23-24,27-29H,3,5,8-9,12H2,1H3. The highest BCUT2D eigenvalue weighted by Gasteiger charge is 2.29. The van der Waals surface area contributed by atoms with Crippen LogP contribution in [0.1, 0.15) is 29.0 Å². The SMILES string of the molecule is CNC1CCc2ccc(OCCNSc3cc[nH]c3)cc2C1Cc1cc(F)cc(F)c1. The molecule has 1 heterocycles. The molecule has 4 rings (SSSR count). The van der Waals surface area contributed by atoms with Crippen LogP contribution in [0.25, 0.3) is 0 Å². The quantitative estimate of drug-likeness (QED) is 0.328. The van der Waals surface area contributed by atoms with E-state index >= 15 is 0 Å². The molecule has 0 aliphatic heterocycles. The number of aryl methyl sites for hydroxylation is 1. The zero-order valence-corrected chi connectivity index (χ0v) is 18.3. The Morgan fingerprint density at radius 2 is 1.97 bits per heavy atom. The monoisotopic (exact) mass is 443 g/mol. The first kappa shape index (κ1) is 21.9. The molecule has 0 saturated heterocycles. The van der Waals surface area contributed by atoms with Crippen LogP contribution in [0.4, 0.5) is 8.78 Å². The molecule has 0 fully saturated rings. The van der Waals surface area contributed by atoms with Crippen molar-refractivity contribution in [3.05, 3.63) is 83.2 Å². The van der Waals surface area contributed by atoms with E-state index in [1.54, 1.807) is 11.9 Å². The average Bonchev–Trinajstić information content (AvgIpc) is 3.26. The second kappa shape index (κ2) is 10.3. The first-order valence-electron chi connectivity index (χ1n) is 10.5. The van der Waals surface area contributed by atoms with Gasteiger partial charge in [-0.1, -0.05) is 6.07 Å². The Hall–Kier alpha value is -2.35. The lowest BCUT2D eigenvalue weighted by atomic mass is 9.76. The summed E-state index contributed by atoms with van der Waals surface area (Å²) >= 11 is 1.56. The third-order valence-corrected chi connectivity index (χ3v) is 6.55. The van der Waals surface area contributed by atoms with Gasteiger partial charge in [0.2, 0.25) is 0 Å². The molecular formula is C24H27F2N3OS. The highest BCUT2D eigenvalue weighted by atomic mass is 32.2. The van der Waals surface area contributed by atoms with Gasteiger partial charge in [-0.15, -0.1) is 0 Å². The van der Waals surface area contributed by atoms with Crippen molar-refractivity contribution >= 4 is 11.9 Å². The van der Waals surface area contributed by atoms with Crippen molar-refractivity contribution in [2.24, 2.45) is 0 Å². The number of rotatable bonds is 9. The number of H-pyrrole nitrogens is 1. The number of aromatic amines is 1. The van der Waals surface area contributed by atoms with Gasteiger partial charge in [0.25, 0.3) is 0 Å². The number of nitrogens with one attached hydrogen (secondary N) is 3. The van der Waals surface area contributed by atoms with Crippen molar-refractivity contribution in [3.63, 3.8) is 0 Å². The van der Waals surface area contributed by atoms with Crippen LogP contribution < -0.4 is 14.8 Å². The Morgan fingerprint density at radius 3 is 2.71 bits per heavy atom. The first-order valence-corrected chi connectivity index (χ1v) is 11.3. The number of ether oxygens (including phenoxy) is 1. The maximum absolute atomic E-state index is 13.7. The van der Waals surface area contributed by atoms with Gasteiger partial charge in [-0.3, -0.25) is 4.72 Å². The highest BCUT2D eigenvalue weighted by molar-refractivity contribution is 7.97. The number of fused-ring (bicyclic) bond motifs is 1.